The Balaban J connectivity index is 2.46. The summed E-state index contributed by atoms with van der Waals surface area (Å²) in [5.41, 5.74) is -0.826. The number of alkyl carbamates (subject to hydrolysis) is 1. The van der Waals surface area contributed by atoms with E-state index in [0.717, 1.165) is 25.7 Å². The van der Waals surface area contributed by atoms with Crippen molar-refractivity contribution in [3.8, 4) is 0 Å². The van der Waals surface area contributed by atoms with E-state index >= 15 is 0 Å². The van der Waals surface area contributed by atoms with Gasteiger partial charge in [-0.15, -0.1) is 0 Å². The number of hydrogen-bond acceptors (Lipinski definition) is 4. The number of rotatable bonds is 5. The second-order valence-corrected chi connectivity index (χ2v) is 6.17. The number of aliphatic hydroxyl groups excluding tert-OH is 1. The van der Waals surface area contributed by atoms with Crippen LogP contribution in [-0.2, 0) is 9.47 Å². The lowest BCUT2D eigenvalue weighted by molar-refractivity contribution is -0.0788. The van der Waals surface area contributed by atoms with Crippen LogP contribution in [0.2, 0.25) is 0 Å². The fourth-order valence-electron chi connectivity index (χ4n) is 2.38. The summed E-state index contributed by atoms with van der Waals surface area (Å²) in [6.07, 6.45) is 4.83. The fourth-order valence-corrected chi connectivity index (χ4v) is 2.38. The van der Waals surface area contributed by atoms with Crippen LogP contribution in [0.3, 0.4) is 0 Å². The van der Waals surface area contributed by atoms with Gasteiger partial charge in [0.2, 0.25) is 0 Å². The molecular weight excluding hydrogens is 246 g/mol. The summed E-state index contributed by atoms with van der Waals surface area (Å²) < 4.78 is 11.0. The maximum atomic E-state index is 11.7. The van der Waals surface area contributed by atoms with E-state index in [-0.39, 0.29) is 12.2 Å². The standard InChI is InChI=1S/C14H27NO4/c1-13(2,3)19-12(17)15-11-14(18-10-9-16)7-5-4-6-8-14/h16H,4-11H2,1-3H3,(H,15,17). The number of amides is 1. The smallest absolute Gasteiger partial charge is 0.407 e. The van der Waals surface area contributed by atoms with Gasteiger partial charge in [-0.2, -0.15) is 0 Å². The lowest BCUT2D eigenvalue weighted by atomic mass is 9.84. The Hall–Kier alpha value is -0.810. The van der Waals surface area contributed by atoms with Crippen LogP contribution in [0.1, 0.15) is 52.9 Å². The molecule has 0 unspecified atom stereocenters. The molecule has 0 aromatic heterocycles. The summed E-state index contributed by atoms with van der Waals surface area (Å²) in [7, 11) is 0. The molecule has 1 saturated carbocycles. The number of nitrogens with one attached hydrogen (secondary N) is 1. The highest BCUT2D eigenvalue weighted by Crippen LogP contribution is 2.31. The Bertz CT molecular complexity index is 280. The molecule has 0 spiro atoms. The molecule has 2 N–H and O–H groups in total. The van der Waals surface area contributed by atoms with E-state index in [1.54, 1.807) is 0 Å². The lowest BCUT2D eigenvalue weighted by Gasteiger charge is -2.37. The van der Waals surface area contributed by atoms with Crippen LogP contribution in [0.4, 0.5) is 4.79 Å². The van der Waals surface area contributed by atoms with Crippen LogP contribution >= 0.6 is 0 Å². The third kappa shape index (κ3) is 6.25. The number of hydrogen-bond donors (Lipinski definition) is 2. The number of ether oxygens (including phenoxy) is 2. The van der Waals surface area contributed by atoms with Crippen molar-refractivity contribution in [3.05, 3.63) is 0 Å². The SMILES string of the molecule is CC(C)(C)OC(=O)NCC1(OCCO)CCCCC1. The minimum Gasteiger partial charge on any atom is -0.444 e. The van der Waals surface area contributed by atoms with Gasteiger partial charge in [-0.25, -0.2) is 4.79 Å². The summed E-state index contributed by atoms with van der Waals surface area (Å²) in [6, 6.07) is 0. The van der Waals surface area contributed by atoms with Crippen LogP contribution in [-0.4, -0.2) is 42.2 Å². The van der Waals surface area contributed by atoms with Crippen LogP contribution in [0, 0.1) is 0 Å². The van der Waals surface area contributed by atoms with Gasteiger partial charge in [-0.3, -0.25) is 0 Å². The zero-order valence-corrected chi connectivity index (χ0v) is 12.3. The Morgan fingerprint density at radius 3 is 2.42 bits per heavy atom. The van der Waals surface area contributed by atoms with Crippen molar-refractivity contribution < 1.29 is 19.4 Å². The van der Waals surface area contributed by atoms with Gasteiger partial charge in [0, 0.05) is 6.54 Å². The molecular formula is C14H27NO4. The predicted octanol–water partition coefficient (Wildman–Crippen LogP) is 2.22. The highest BCUT2D eigenvalue weighted by molar-refractivity contribution is 5.67. The molecule has 1 amide bonds. The van der Waals surface area contributed by atoms with Crippen LogP contribution < -0.4 is 5.32 Å². The molecule has 0 bridgehead atoms. The Labute approximate surface area is 115 Å². The number of carbonyl (C=O) groups excluding carboxylic acids is 1. The monoisotopic (exact) mass is 273 g/mol. The van der Waals surface area contributed by atoms with Crippen molar-refractivity contribution in [2.24, 2.45) is 0 Å². The molecule has 1 aliphatic carbocycles. The molecule has 19 heavy (non-hydrogen) atoms. The van der Waals surface area contributed by atoms with E-state index in [4.69, 9.17) is 14.6 Å². The molecule has 0 saturated heterocycles. The van der Waals surface area contributed by atoms with Gasteiger partial charge in [-0.05, 0) is 33.6 Å². The predicted molar refractivity (Wildman–Crippen MR) is 73.1 cm³/mol. The topological polar surface area (TPSA) is 67.8 Å². The molecule has 0 aliphatic heterocycles. The summed E-state index contributed by atoms with van der Waals surface area (Å²) in [6.45, 7) is 6.29. The van der Waals surface area contributed by atoms with Gasteiger partial charge in [0.25, 0.3) is 0 Å². The van der Waals surface area contributed by atoms with Crippen LogP contribution in [0.15, 0.2) is 0 Å². The maximum Gasteiger partial charge on any atom is 0.407 e. The molecule has 0 atom stereocenters. The number of carbonyl (C=O) groups is 1. The van der Waals surface area contributed by atoms with Gasteiger partial charge in [0.15, 0.2) is 0 Å². The summed E-state index contributed by atoms with van der Waals surface area (Å²) in [5, 5.41) is 11.7. The maximum absolute atomic E-state index is 11.7. The van der Waals surface area contributed by atoms with Crippen molar-refractivity contribution in [1.82, 2.24) is 5.32 Å². The minimum absolute atomic E-state index is 0.00812. The minimum atomic E-state index is -0.490. The average Bonchev–Trinajstić information content (AvgIpc) is 2.33. The first-order valence-electron chi connectivity index (χ1n) is 7.09. The fraction of sp³-hybridized carbons (Fsp3) is 0.929. The van der Waals surface area contributed by atoms with E-state index in [1.807, 2.05) is 20.8 Å². The van der Waals surface area contributed by atoms with Gasteiger partial charge < -0.3 is 19.9 Å². The van der Waals surface area contributed by atoms with E-state index in [9.17, 15) is 4.79 Å². The molecule has 5 heteroatoms. The van der Waals surface area contributed by atoms with Crippen LogP contribution in [0.5, 0.6) is 0 Å². The van der Waals surface area contributed by atoms with E-state index in [2.05, 4.69) is 5.32 Å². The normalized spacial score (nSPS) is 18.9. The van der Waals surface area contributed by atoms with Gasteiger partial charge in [0.05, 0.1) is 18.8 Å². The van der Waals surface area contributed by atoms with Crippen molar-refractivity contribution in [1.29, 1.82) is 0 Å². The average molecular weight is 273 g/mol. The van der Waals surface area contributed by atoms with Crippen molar-refractivity contribution in [3.63, 3.8) is 0 Å². The second kappa shape index (κ2) is 7.10. The molecule has 0 aromatic rings. The summed E-state index contributed by atoms with van der Waals surface area (Å²) in [5.74, 6) is 0. The molecule has 1 fully saturated rings. The third-order valence-corrected chi connectivity index (χ3v) is 3.22. The van der Waals surface area contributed by atoms with Gasteiger partial charge in [0.1, 0.15) is 5.60 Å². The van der Waals surface area contributed by atoms with Crippen molar-refractivity contribution >= 4 is 6.09 Å². The molecule has 0 heterocycles. The first-order valence-corrected chi connectivity index (χ1v) is 7.09. The molecule has 5 nitrogen and oxygen atoms in total. The Morgan fingerprint density at radius 1 is 1.26 bits per heavy atom. The van der Waals surface area contributed by atoms with E-state index in [0.29, 0.717) is 13.2 Å². The third-order valence-electron chi connectivity index (χ3n) is 3.22. The molecule has 1 aliphatic rings. The zero-order valence-electron chi connectivity index (χ0n) is 12.3. The molecule has 0 aromatic carbocycles. The van der Waals surface area contributed by atoms with Crippen LogP contribution in [0.25, 0.3) is 0 Å². The Kier molecular flexibility index (Phi) is 6.07. The van der Waals surface area contributed by atoms with E-state index in [1.165, 1.54) is 6.42 Å². The van der Waals surface area contributed by atoms with Crippen molar-refractivity contribution in [2.45, 2.75) is 64.1 Å². The highest BCUT2D eigenvalue weighted by atomic mass is 16.6. The number of aliphatic hydroxyl groups is 1. The highest BCUT2D eigenvalue weighted by Gasteiger charge is 2.33. The van der Waals surface area contributed by atoms with Gasteiger partial charge in [-0.1, -0.05) is 19.3 Å². The zero-order chi connectivity index (χ0) is 14.4. The second-order valence-electron chi connectivity index (χ2n) is 6.17. The van der Waals surface area contributed by atoms with E-state index < -0.39 is 11.7 Å². The Morgan fingerprint density at radius 2 is 1.89 bits per heavy atom. The summed E-state index contributed by atoms with van der Waals surface area (Å²) in [4.78, 5) is 11.7. The van der Waals surface area contributed by atoms with Gasteiger partial charge >= 0.3 is 6.09 Å². The van der Waals surface area contributed by atoms with Crippen molar-refractivity contribution in [2.75, 3.05) is 19.8 Å². The molecule has 112 valence electrons. The molecule has 1 rings (SSSR count). The lowest BCUT2D eigenvalue weighted by Crippen LogP contribution is -2.48. The first kappa shape index (κ1) is 16.2. The quantitative estimate of drug-likeness (QED) is 0.806. The molecule has 0 radical (unpaired) electrons. The first-order chi connectivity index (χ1) is 8.87. The summed E-state index contributed by atoms with van der Waals surface area (Å²) >= 11 is 0. The largest absolute Gasteiger partial charge is 0.444 e.